The van der Waals surface area contributed by atoms with Gasteiger partial charge in [0, 0.05) is 12.6 Å². The molecular weight excluding hydrogens is 526 g/mol. The number of benzene rings is 3. The van der Waals surface area contributed by atoms with Gasteiger partial charge in [-0.05, 0) is 68.7 Å². The van der Waals surface area contributed by atoms with Gasteiger partial charge >= 0.3 is 0 Å². The fourth-order valence-electron chi connectivity index (χ4n) is 4.26. The largest absolute Gasteiger partial charge is 0.497 e. The smallest absolute Gasteiger partial charge is 0.264 e. The maximum Gasteiger partial charge on any atom is 0.264 e. The summed E-state index contributed by atoms with van der Waals surface area (Å²) in [5.41, 5.74) is 2.15. The van der Waals surface area contributed by atoms with Gasteiger partial charge in [0.25, 0.3) is 10.0 Å². The van der Waals surface area contributed by atoms with Crippen molar-refractivity contribution in [2.24, 2.45) is 0 Å². The minimum atomic E-state index is -4.14. The highest BCUT2D eigenvalue weighted by Crippen LogP contribution is 2.26. The Labute approximate surface area is 238 Å². The Morgan fingerprint density at radius 3 is 2.08 bits per heavy atom. The van der Waals surface area contributed by atoms with Crippen molar-refractivity contribution in [1.29, 1.82) is 0 Å². The second-order valence-corrected chi connectivity index (χ2v) is 11.6. The molecule has 0 aliphatic heterocycles. The zero-order chi connectivity index (χ0) is 29.3. The van der Waals surface area contributed by atoms with Crippen LogP contribution in [0.15, 0.2) is 83.8 Å². The molecule has 8 nitrogen and oxygen atoms in total. The van der Waals surface area contributed by atoms with Crippen molar-refractivity contribution in [3.05, 3.63) is 90.0 Å². The molecule has 3 rings (SSSR count). The molecule has 0 fully saturated rings. The standard InChI is InChI=1S/C31H39N3O5S/c1-6-24(4)32-31(36)29(7-2)33(21-25-11-9-8-10-12-25)30(35)22-34(26-15-13-23(3)14-16-26)40(37,38)28-19-17-27(39-5)18-20-28/h8-20,24,29H,6-7,21-22H2,1-5H3,(H,32,36)/t24-,29+/m1/s1. The van der Waals surface area contributed by atoms with E-state index in [-0.39, 0.29) is 23.4 Å². The summed E-state index contributed by atoms with van der Waals surface area (Å²) < 4.78 is 34.1. The fraction of sp³-hybridized carbons (Fsp3) is 0.355. The summed E-state index contributed by atoms with van der Waals surface area (Å²) in [5.74, 6) is -0.224. The fourth-order valence-corrected chi connectivity index (χ4v) is 5.67. The van der Waals surface area contributed by atoms with Crippen LogP contribution >= 0.6 is 0 Å². The minimum absolute atomic E-state index is 0.0258. The number of carbonyl (C=O) groups is 2. The molecule has 2 amide bonds. The van der Waals surface area contributed by atoms with E-state index in [0.717, 1.165) is 21.9 Å². The zero-order valence-electron chi connectivity index (χ0n) is 23.8. The molecule has 0 radical (unpaired) electrons. The number of hydrogen-bond donors (Lipinski definition) is 1. The van der Waals surface area contributed by atoms with E-state index in [9.17, 15) is 18.0 Å². The van der Waals surface area contributed by atoms with Crippen molar-refractivity contribution in [3.63, 3.8) is 0 Å². The predicted octanol–water partition coefficient (Wildman–Crippen LogP) is 4.92. The van der Waals surface area contributed by atoms with Gasteiger partial charge < -0.3 is 15.0 Å². The van der Waals surface area contributed by atoms with Gasteiger partial charge in [0.1, 0.15) is 18.3 Å². The van der Waals surface area contributed by atoms with Gasteiger partial charge in [-0.25, -0.2) is 8.42 Å². The number of ether oxygens (including phenoxy) is 1. The topological polar surface area (TPSA) is 96.0 Å². The first kappa shape index (κ1) is 30.7. The number of anilines is 1. The predicted molar refractivity (Wildman–Crippen MR) is 158 cm³/mol. The molecule has 0 unspecified atom stereocenters. The molecule has 0 aliphatic rings. The number of nitrogens with zero attached hydrogens (tertiary/aromatic N) is 2. The van der Waals surface area contributed by atoms with Crippen molar-refractivity contribution < 1.29 is 22.7 Å². The van der Waals surface area contributed by atoms with Crippen LogP contribution in [0.3, 0.4) is 0 Å². The van der Waals surface area contributed by atoms with E-state index in [4.69, 9.17) is 4.74 Å². The van der Waals surface area contributed by atoms with Gasteiger partial charge in [-0.15, -0.1) is 0 Å². The highest BCUT2D eigenvalue weighted by molar-refractivity contribution is 7.92. The molecule has 0 heterocycles. The Hall–Kier alpha value is -3.85. The van der Waals surface area contributed by atoms with Gasteiger partial charge in [0.15, 0.2) is 0 Å². The van der Waals surface area contributed by atoms with Gasteiger partial charge in [-0.1, -0.05) is 61.9 Å². The van der Waals surface area contributed by atoms with Crippen molar-refractivity contribution >= 4 is 27.5 Å². The van der Waals surface area contributed by atoms with Gasteiger partial charge in [0.2, 0.25) is 11.8 Å². The first-order valence-electron chi connectivity index (χ1n) is 13.5. The molecule has 9 heteroatoms. The van der Waals surface area contributed by atoms with Crippen LogP contribution in [0.5, 0.6) is 5.75 Å². The summed E-state index contributed by atoms with van der Waals surface area (Å²) in [4.78, 5) is 28.9. The Morgan fingerprint density at radius 1 is 0.900 bits per heavy atom. The average molecular weight is 566 g/mol. The van der Waals surface area contributed by atoms with E-state index in [1.54, 1.807) is 36.4 Å². The molecule has 2 atom stereocenters. The van der Waals surface area contributed by atoms with Crippen LogP contribution in [0.2, 0.25) is 0 Å². The lowest BCUT2D eigenvalue weighted by atomic mass is 10.1. The Bertz CT molecular complexity index is 1360. The highest BCUT2D eigenvalue weighted by Gasteiger charge is 2.34. The van der Waals surface area contributed by atoms with Crippen molar-refractivity contribution in [2.75, 3.05) is 18.0 Å². The molecule has 3 aromatic rings. The number of hydrogen-bond acceptors (Lipinski definition) is 5. The molecule has 0 spiro atoms. The van der Waals surface area contributed by atoms with E-state index >= 15 is 0 Å². The maximum absolute atomic E-state index is 14.1. The van der Waals surface area contributed by atoms with Crippen LogP contribution in [0.25, 0.3) is 0 Å². The number of aryl methyl sites for hydroxylation is 1. The van der Waals surface area contributed by atoms with Crippen molar-refractivity contribution in [3.8, 4) is 5.75 Å². The van der Waals surface area contributed by atoms with E-state index in [1.807, 2.05) is 58.0 Å². The molecule has 0 bridgehead atoms. The molecule has 0 saturated heterocycles. The van der Waals surface area contributed by atoms with Crippen molar-refractivity contribution in [1.82, 2.24) is 10.2 Å². The molecule has 0 saturated carbocycles. The number of nitrogens with one attached hydrogen (secondary N) is 1. The summed E-state index contributed by atoms with van der Waals surface area (Å²) in [7, 11) is -2.64. The summed E-state index contributed by atoms with van der Waals surface area (Å²) in [5, 5.41) is 2.98. The number of amides is 2. The van der Waals surface area contributed by atoms with Gasteiger partial charge in [-0.2, -0.15) is 0 Å². The molecule has 40 heavy (non-hydrogen) atoms. The number of methoxy groups -OCH3 is 1. The summed E-state index contributed by atoms with van der Waals surface area (Å²) >= 11 is 0. The third kappa shape index (κ3) is 7.63. The summed E-state index contributed by atoms with van der Waals surface area (Å²) in [6.07, 6.45) is 1.12. The average Bonchev–Trinajstić information content (AvgIpc) is 2.96. The van der Waals surface area contributed by atoms with Crippen LogP contribution < -0.4 is 14.4 Å². The molecule has 214 valence electrons. The quantitative estimate of drug-likeness (QED) is 0.317. The lowest BCUT2D eigenvalue weighted by Crippen LogP contribution is -2.53. The molecule has 0 aliphatic carbocycles. The highest BCUT2D eigenvalue weighted by atomic mass is 32.2. The van der Waals surface area contributed by atoms with Crippen LogP contribution in [0.1, 0.15) is 44.7 Å². The van der Waals surface area contributed by atoms with Crippen LogP contribution in [0.4, 0.5) is 5.69 Å². The van der Waals surface area contributed by atoms with Crippen LogP contribution in [0, 0.1) is 6.92 Å². The molecular formula is C31H39N3O5S. The number of sulfonamides is 1. The minimum Gasteiger partial charge on any atom is -0.497 e. The van der Waals surface area contributed by atoms with E-state index in [0.29, 0.717) is 17.9 Å². The van der Waals surface area contributed by atoms with E-state index < -0.39 is 28.5 Å². The first-order valence-corrected chi connectivity index (χ1v) is 14.9. The van der Waals surface area contributed by atoms with Gasteiger partial charge in [0.05, 0.1) is 17.7 Å². The number of carbonyl (C=O) groups excluding carboxylic acids is 2. The third-order valence-electron chi connectivity index (χ3n) is 6.83. The second kappa shape index (κ2) is 14.0. The van der Waals surface area contributed by atoms with Crippen LogP contribution in [-0.4, -0.2) is 50.9 Å². The lowest BCUT2D eigenvalue weighted by Gasteiger charge is -2.33. The Morgan fingerprint density at radius 2 is 1.52 bits per heavy atom. The van der Waals surface area contributed by atoms with Crippen molar-refractivity contribution in [2.45, 2.75) is 64.1 Å². The zero-order valence-corrected chi connectivity index (χ0v) is 24.6. The molecule has 1 N–H and O–H groups in total. The normalized spacial score (nSPS) is 12.7. The van der Waals surface area contributed by atoms with E-state index in [1.165, 1.54) is 24.1 Å². The Balaban J connectivity index is 2.04. The monoisotopic (exact) mass is 565 g/mol. The van der Waals surface area contributed by atoms with Gasteiger partial charge in [-0.3, -0.25) is 13.9 Å². The summed E-state index contributed by atoms with van der Waals surface area (Å²) in [6.45, 7) is 7.32. The SMILES string of the molecule is CC[C@@H](C)NC(=O)[C@H](CC)N(Cc1ccccc1)C(=O)CN(c1ccc(C)cc1)S(=O)(=O)c1ccc(OC)cc1. The molecule has 3 aromatic carbocycles. The van der Waals surface area contributed by atoms with E-state index in [2.05, 4.69) is 5.32 Å². The second-order valence-electron chi connectivity index (χ2n) is 9.77. The lowest BCUT2D eigenvalue weighted by molar-refractivity contribution is -0.140. The third-order valence-corrected chi connectivity index (χ3v) is 8.62. The molecule has 0 aromatic heterocycles. The first-order chi connectivity index (χ1) is 19.1. The van der Waals surface area contributed by atoms with Crippen LogP contribution in [-0.2, 0) is 26.2 Å². The maximum atomic E-state index is 14.1. The number of rotatable bonds is 13. The summed E-state index contributed by atoms with van der Waals surface area (Å²) in [6, 6.07) is 21.5. The Kier molecular flexibility index (Phi) is 10.7.